The number of nitrogens with one attached hydrogen (secondary N) is 1. The molecule has 6 heteroatoms. The predicted octanol–water partition coefficient (Wildman–Crippen LogP) is -0.0781. The van der Waals surface area contributed by atoms with Crippen LogP contribution >= 0.6 is 0 Å². The topological polar surface area (TPSA) is 74.5 Å². The highest BCUT2D eigenvalue weighted by Gasteiger charge is 2.18. The van der Waals surface area contributed by atoms with Crippen LogP contribution < -0.4 is 16.0 Å². The first-order chi connectivity index (χ1) is 9.19. The Hall–Kier alpha value is -1.82. The Morgan fingerprint density at radius 1 is 1.37 bits per heavy atom. The van der Waals surface area contributed by atoms with Gasteiger partial charge in [-0.25, -0.2) is 4.98 Å². The van der Waals surface area contributed by atoms with Crippen LogP contribution in [0.4, 0.5) is 11.5 Å². The summed E-state index contributed by atoms with van der Waals surface area (Å²) in [6.07, 6.45) is 1.80. The van der Waals surface area contributed by atoms with Crippen molar-refractivity contribution in [2.45, 2.75) is 6.92 Å². The van der Waals surface area contributed by atoms with E-state index in [4.69, 9.17) is 5.73 Å². The Labute approximate surface area is 113 Å². The summed E-state index contributed by atoms with van der Waals surface area (Å²) in [5.74, 6) is 0.642. The molecule has 19 heavy (non-hydrogen) atoms. The van der Waals surface area contributed by atoms with Crippen molar-refractivity contribution >= 4 is 17.4 Å². The van der Waals surface area contributed by atoms with E-state index < -0.39 is 0 Å². The molecule has 6 nitrogen and oxygen atoms in total. The van der Waals surface area contributed by atoms with Gasteiger partial charge in [0.15, 0.2) is 0 Å². The lowest BCUT2D eigenvalue weighted by atomic mass is 10.2. The van der Waals surface area contributed by atoms with Gasteiger partial charge >= 0.3 is 0 Å². The number of hydrogen-bond donors (Lipinski definition) is 2. The van der Waals surface area contributed by atoms with E-state index >= 15 is 0 Å². The van der Waals surface area contributed by atoms with Gasteiger partial charge in [-0.05, 0) is 19.1 Å². The number of anilines is 2. The van der Waals surface area contributed by atoms with E-state index in [1.54, 1.807) is 6.20 Å². The van der Waals surface area contributed by atoms with Crippen molar-refractivity contribution in [1.82, 2.24) is 15.2 Å². The van der Waals surface area contributed by atoms with Crippen LogP contribution in [0.15, 0.2) is 18.3 Å². The SMILES string of the molecule is CCNC(=O)CN1CCN(c2ccc(N)nc2)CC1. The third-order valence-corrected chi connectivity index (χ3v) is 3.25. The number of aromatic nitrogens is 1. The predicted molar refractivity (Wildman–Crippen MR) is 76.0 cm³/mol. The molecule has 1 fully saturated rings. The highest BCUT2D eigenvalue weighted by Crippen LogP contribution is 2.15. The number of carbonyl (C=O) groups is 1. The molecule has 0 saturated carbocycles. The molecule has 1 amide bonds. The molecule has 104 valence electrons. The van der Waals surface area contributed by atoms with Gasteiger partial charge in [0.05, 0.1) is 18.4 Å². The van der Waals surface area contributed by atoms with Crippen molar-refractivity contribution in [2.24, 2.45) is 0 Å². The summed E-state index contributed by atoms with van der Waals surface area (Å²) in [5, 5.41) is 2.82. The summed E-state index contributed by atoms with van der Waals surface area (Å²) in [5.41, 5.74) is 6.67. The third-order valence-electron chi connectivity index (χ3n) is 3.25. The highest BCUT2D eigenvalue weighted by atomic mass is 16.2. The third kappa shape index (κ3) is 3.82. The lowest BCUT2D eigenvalue weighted by Crippen LogP contribution is -2.49. The number of rotatable bonds is 4. The minimum Gasteiger partial charge on any atom is -0.384 e. The highest BCUT2D eigenvalue weighted by molar-refractivity contribution is 5.77. The number of pyridine rings is 1. The van der Waals surface area contributed by atoms with E-state index in [9.17, 15) is 4.79 Å². The molecular weight excluding hydrogens is 242 g/mol. The van der Waals surface area contributed by atoms with Crippen molar-refractivity contribution in [2.75, 3.05) is 49.9 Å². The molecule has 0 radical (unpaired) electrons. The van der Waals surface area contributed by atoms with Crippen LogP contribution in [0.2, 0.25) is 0 Å². The second kappa shape index (κ2) is 6.38. The van der Waals surface area contributed by atoms with Gasteiger partial charge in [-0.2, -0.15) is 0 Å². The first kappa shape index (κ1) is 13.6. The minimum atomic E-state index is 0.102. The molecule has 1 saturated heterocycles. The van der Waals surface area contributed by atoms with Gasteiger partial charge in [0.25, 0.3) is 0 Å². The van der Waals surface area contributed by atoms with Crippen molar-refractivity contribution < 1.29 is 4.79 Å². The lowest BCUT2D eigenvalue weighted by molar-refractivity contribution is -0.122. The summed E-state index contributed by atoms with van der Waals surface area (Å²) in [7, 11) is 0. The molecule has 2 heterocycles. The first-order valence-electron chi connectivity index (χ1n) is 6.64. The van der Waals surface area contributed by atoms with Gasteiger partial charge in [0.2, 0.25) is 5.91 Å². The maximum absolute atomic E-state index is 11.5. The number of carbonyl (C=O) groups excluding carboxylic acids is 1. The van der Waals surface area contributed by atoms with Gasteiger partial charge in [-0.1, -0.05) is 0 Å². The molecule has 1 aliphatic heterocycles. The summed E-state index contributed by atoms with van der Waals surface area (Å²) in [4.78, 5) is 20.1. The van der Waals surface area contributed by atoms with Crippen LogP contribution in [0.3, 0.4) is 0 Å². The molecular formula is C13H21N5O. The number of nitrogens with zero attached hydrogens (tertiary/aromatic N) is 3. The average molecular weight is 263 g/mol. The Morgan fingerprint density at radius 3 is 2.68 bits per heavy atom. The van der Waals surface area contributed by atoms with E-state index in [-0.39, 0.29) is 5.91 Å². The minimum absolute atomic E-state index is 0.102. The van der Waals surface area contributed by atoms with Gasteiger partial charge in [0.1, 0.15) is 5.82 Å². The van der Waals surface area contributed by atoms with Gasteiger partial charge < -0.3 is 16.0 Å². The molecule has 0 aromatic carbocycles. The number of amides is 1. The van der Waals surface area contributed by atoms with Crippen LogP contribution in [0.1, 0.15) is 6.92 Å². The number of nitrogens with two attached hydrogens (primary N) is 1. The van der Waals surface area contributed by atoms with Gasteiger partial charge in [-0.3, -0.25) is 9.69 Å². The Morgan fingerprint density at radius 2 is 2.11 bits per heavy atom. The number of nitrogen functional groups attached to an aromatic ring is 1. The molecule has 0 unspecified atom stereocenters. The fourth-order valence-corrected chi connectivity index (χ4v) is 2.20. The van der Waals surface area contributed by atoms with Crippen LogP contribution in [-0.4, -0.2) is 55.1 Å². The molecule has 1 aliphatic rings. The maximum atomic E-state index is 11.5. The fraction of sp³-hybridized carbons (Fsp3) is 0.538. The zero-order chi connectivity index (χ0) is 13.7. The normalized spacial score (nSPS) is 16.4. The lowest BCUT2D eigenvalue weighted by Gasteiger charge is -2.35. The molecule has 1 aromatic heterocycles. The number of piperazine rings is 1. The molecule has 2 rings (SSSR count). The van der Waals surface area contributed by atoms with E-state index in [1.165, 1.54) is 0 Å². The summed E-state index contributed by atoms with van der Waals surface area (Å²) < 4.78 is 0. The number of likely N-dealkylation sites (N-methyl/N-ethyl adjacent to an activating group) is 1. The summed E-state index contributed by atoms with van der Waals surface area (Å²) in [6.45, 7) is 6.71. The zero-order valence-corrected chi connectivity index (χ0v) is 11.3. The van der Waals surface area contributed by atoms with Crippen molar-refractivity contribution in [3.8, 4) is 0 Å². The van der Waals surface area contributed by atoms with Crippen LogP contribution in [0, 0.1) is 0 Å². The van der Waals surface area contributed by atoms with E-state index in [1.807, 2.05) is 19.1 Å². The summed E-state index contributed by atoms with van der Waals surface area (Å²) >= 11 is 0. The van der Waals surface area contributed by atoms with Crippen molar-refractivity contribution in [3.05, 3.63) is 18.3 Å². The zero-order valence-electron chi connectivity index (χ0n) is 11.3. The molecule has 0 atom stereocenters. The van der Waals surface area contributed by atoms with E-state index in [0.717, 1.165) is 31.9 Å². The second-order valence-electron chi connectivity index (χ2n) is 4.66. The molecule has 0 bridgehead atoms. The molecule has 0 spiro atoms. The standard InChI is InChI=1S/C13H21N5O/c1-2-15-13(19)10-17-5-7-18(8-6-17)11-3-4-12(14)16-9-11/h3-4,9H,2,5-8,10H2,1H3,(H2,14,16)(H,15,19). The Bertz CT molecular complexity index is 412. The Kier molecular flexibility index (Phi) is 4.57. The largest absolute Gasteiger partial charge is 0.384 e. The molecule has 1 aromatic rings. The van der Waals surface area contributed by atoms with E-state index in [0.29, 0.717) is 18.9 Å². The summed E-state index contributed by atoms with van der Waals surface area (Å²) in [6, 6.07) is 3.80. The average Bonchev–Trinajstić information content (AvgIpc) is 2.41. The fourth-order valence-electron chi connectivity index (χ4n) is 2.20. The van der Waals surface area contributed by atoms with Crippen LogP contribution in [0.5, 0.6) is 0 Å². The first-order valence-corrected chi connectivity index (χ1v) is 6.64. The Balaban J connectivity index is 1.82. The number of hydrogen-bond acceptors (Lipinski definition) is 5. The second-order valence-corrected chi connectivity index (χ2v) is 4.66. The van der Waals surface area contributed by atoms with Gasteiger partial charge in [-0.15, -0.1) is 0 Å². The quantitative estimate of drug-likeness (QED) is 0.795. The van der Waals surface area contributed by atoms with E-state index in [2.05, 4.69) is 20.1 Å². The van der Waals surface area contributed by atoms with Crippen LogP contribution in [0.25, 0.3) is 0 Å². The maximum Gasteiger partial charge on any atom is 0.234 e. The van der Waals surface area contributed by atoms with Crippen LogP contribution in [-0.2, 0) is 4.79 Å². The van der Waals surface area contributed by atoms with Crippen molar-refractivity contribution in [3.63, 3.8) is 0 Å². The molecule has 3 N–H and O–H groups in total. The van der Waals surface area contributed by atoms with Crippen molar-refractivity contribution in [1.29, 1.82) is 0 Å². The monoisotopic (exact) mass is 263 g/mol. The molecule has 0 aliphatic carbocycles. The smallest absolute Gasteiger partial charge is 0.234 e. The van der Waals surface area contributed by atoms with Gasteiger partial charge in [0, 0.05) is 32.7 Å².